The molecule has 0 radical (unpaired) electrons. The molecule has 5 heteroatoms. The minimum absolute atomic E-state index is 0.0126. The maximum Gasteiger partial charge on any atom is 0.293 e. The Balaban J connectivity index is 2.26. The Labute approximate surface area is 108 Å². The van der Waals surface area contributed by atoms with Gasteiger partial charge in [0.05, 0.1) is 0 Å². The average molecular weight is 250 g/mol. The molecule has 1 aliphatic rings. The number of rotatable bonds is 5. The van der Waals surface area contributed by atoms with Gasteiger partial charge < -0.3 is 15.2 Å². The number of aryl methyl sites for hydroxylation is 1. The maximum atomic E-state index is 12.2. The number of hydrogen-bond acceptors (Lipinski definition) is 4. The minimum Gasteiger partial charge on any atom is -0.349 e. The first-order valence-corrected chi connectivity index (χ1v) is 6.72. The predicted molar refractivity (Wildman–Crippen MR) is 72.8 cm³/mol. The molecule has 0 aliphatic heterocycles. The lowest BCUT2D eigenvalue weighted by atomic mass is 10.2. The number of anilines is 1. The SMILES string of the molecule is Cn1ccnc(N(CCCN)C2CCCC2)c1=O. The van der Waals surface area contributed by atoms with Crippen molar-refractivity contribution in [3.8, 4) is 0 Å². The Bertz CT molecular complexity index is 437. The van der Waals surface area contributed by atoms with Gasteiger partial charge in [-0.2, -0.15) is 0 Å². The van der Waals surface area contributed by atoms with E-state index in [4.69, 9.17) is 5.73 Å². The zero-order valence-electron chi connectivity index (χ0n) is 11.0. The molecule has 0 aromatic carbocycles. The van der Waals surface area contributed by atoms with Crippen LogP contribution in [0.1, 0.15) is 32.1 Å². The molecule has 18 heavy (non-hydrogen) atoms. The highest BCUT2D eigenvalue weighted by Gasteiger charge is 2.25. The van der Waals surface area contributed by atoms with Gasteiger partial charge in [-0.25, -0.2) is 4.98 Å². The molecule has 1 saturated carbocycles. The first-order valence-electron chi connectivity index (χ1n) is 6.72. The molecule has 1 heterocycles. The summed E-state index contributed by atoms with van der Waals surface area (Å²) in [6.45, 7) is 1.48. The third-order valence-electron chi connectivity index (χ3n) is 3.64. The van der Waals surface area contributed by atoms with Gasteiger partial charge in [0.2, 0.25) is 0 Å². The van der Waals surface area contributed by atoms with Crippen molar-refractivity contribution in [1.82, 2.24) is 9.55 Å². The molecule has 0 unspecified atom stereocenters. The zero-order valence-corrected chi connectivity index (χ0v) is 11.0. The summed E-state index contributed by atoms with van der Waals surface area (Å²) in [5.41, 5.74) is 5.58. The van der Waals surface area contributed by atoms with Crippen molar-refractivity contribution in [1.29, 1.82) is 0 Å². The van der Waals surface area contributed by atoms with Crippen LogP contribution in [0.5, 0.6) is 0 Å². The van der Waals surface area contributed by atoms with Crippen LogP contribution in [0.25, 0.3) is 0 Å². The fourth-order valence-corrected chi connectivity index (χ4v) is 2.62. The summed E-state index contributed by atoms with van der Waals surface area (Å²) < 4.78 is 1.59. The molecular weight excluding hydrogens is 228 g/mol. The Morgan fingerprint density at radius 1 is 1.50 bits per heavy atom. The molecule has 2 rings (SSSR count). The van der Waals surface area contributed by atoms with Crippen LogP contribution < -0.4 is 16.2 Å². The number of nitrogens with zero attached hydrogens (tertiary/aromatic N) is 3. The van der Waals surface area contributed by atoms with Gasteiger partial charge >= 0.3 is 0 Å². The number of nitrogens with two attached hydrogens (primary N) is 1. The molecule has 0 atom stereocenters. The van der Waals surface area contributed by atoms with Crippen molar-refractivity contribution in [3.63, 3.8) is 0 Å². The molecule has 1 fully saturated rings. The number of hydrogen-bond donors (Lipinski definition) is 1. The van der Waals surface area contributed by atoms with E-state index in [9.17, 15) is 4.79 Å². The molecule has 0 bridgehead atoms. The van der Waals surface area contributed by atoms with E-state index in [2.05, 4.69) is 9.88 Å². The largest absolute Gasteiger partial charge is 0.349 e. The summed E-state index contributed by atoms with van der Waals surface area (Å²) in [6.07, 6.45) is 9.10. The van der Waals surface area contributed by atoms with Gasteiger partial charge in [0.1, 0.15) is 0 Å². The van der Waals surface area contributed by atoms with Crippen LogP contribution in [0, 0.1) is 0 Å². The molecule has 2 N–H and O–H groups in total. The van der Waals surface area contributed by atoms with E-state index in [1.54, 1.807) is 24.0 Å². The highest BCUT2D eigenvalue weighted by atomic mass is 16.1. The lowest BCUT2D eigenvalue weighted by Crippen LogP contribution is -2.40. The van der Waals surface area contributed by atoms with Crippen molar-refractivity contribution in [2.24, 2.45) is 12.8 Å². The van der Waals surface area contributed by atoms with E-state index < -0.39 is 0 Å². The fraction of sp³-hybridized carbons (Fsp3) is 0.692. The van der Waals surface area contributed by atoms with Crippen molar-refractivity contribution >= 4 is 5.82 Å². The highest BCUT2D eigenvalue weighted by Crippen LogP contribution is 2.25. The quantitative estimate of drug-likeness (QED) is 0.842. The lowest BCUT2D eigenvalue weighted by Gasteiger charge is -2.29. The second-order valence-electron chi connectivity index (χ2n) is 4.94. The van der Waals surface area contributed by atoms with Crippen LogP contribution in [-0.2, 0) is 7.05 Å². The van der Waals surface area contributed by atoms with Crippen LogP contribution >= 0.6 is 0 Å². The number of aromatic nitrogens is 2. The van der Waals surface area contributed by atoms with E-state index in [1.807, 2.05) is 0 Å². The second-order valence-corrected chi connectivity index (χ2v) is 4.94. The predicted octanol–water partition coefficient (Wildman–Crippen LogP) is 0.878. The van der Waals surface area contributed by atoms with Crippen molar-refractivity contribution in [3.05, 3.63) is 22.7 Å². The minimum atomic E-state index is -0.0126. The second kappa shape index (κ2) is 6.00. The van der Waals surface area contributed by atoms with E-state index in [0.29, 0.717) is 18.4 Å². The molecule has 5 nitrogen and oxygen atoms in total. The van der Waals surface area contributed by atoms with Crippen molar-refractivity contribution < 1.29 is 0 Å². The van der Waals surface area contributed by atoms with Crippen molar-refractivity contribution in [2.45, 2.75) is 38.1 Å². The van der Waals surface area contributed by atoms with Crippen molar-refractivity contribution in [2.75, 3.05) is 18.0 Å². The smallest absolute Gasteiger partial charge is 0.293 e. The van der Waals surface area contributed by atoms with Gasteiger partial charge in [-0.05, 0) is 25.8 Å². The first kappa shape index (κ1) is 13.1. The lowest BCUT2D eigenvalue weighted by molar-refractivity contribution is 0.580. The fourth-order valence-electron chi connectivity index (χ4n) is 2.62. The van der Waals surface area contributed by atoms with E-state index in [-0.39, 0.29) is 5.56 Å². The van der Waals surface area contributed by atoms with Crippen LogP contribution in [0.2, 0.25) is 0 Å². The summed E-state index contributed by atoms with van der Waals surface area (Å²) >= 11 is 0. The van der Waals surface area contributed by atoms with Gasteiger partial charge in [0.15, 0.2) is 5.82 Å². The first-order chi connectivity index (χ1) is 8.74. The molecule has 1 aliphatic carbocycles. The molecule has 1 aromatic rings. The molecule has 0 amide bonds. The van der Waals surface area contributed by atoms with Gasteiger partial charge in [0.25, 0.3) is 5.56 Å². The zero-order chi connectivity index (χ0) is 13.0. The topological polar surface area (TPSA) is 64.2 Å². The van der Waals surface area contributed by atoms with E-state index in [0.717, 1.165) is 25.8 Å². The van der Waals surface area contributed by atoms with Crippen LogP contribution in [0.15, 0.2) is 17.2 Å². The molecule has 0 spiro atoms. The monoisotopic (exact) mass is 250 g/mol. The van der Waals surface area contributed by atoms with Gasteiger partial charge in [-0.3, -0.25) is 4.79 Å². The van der Waals surface area contributed by atoms with Gasteiger partial charge in [-0.1, -0.05) is 12.8 Å². The summed E-state index contributed by atoms with van der Waals surface area (Å²) in [6, 6.07) is 0.458. The Morgan fingerprint density at radius 2 is 2.22 bits per heavy atom. The Morgan fingerprint density at radius 3 is 2.89 bits per heavy atom. The molecule has 100 valence electrons. The summed E-state index contributed by atoms with van der Waals surface area (Å²) in [4.78, 5) is 18.6. The Kier molecular flexibility index (Phi) is 4.36. The summed E-state index contributed by atoms with van der Waals surface area (Å²) in [5.74, 6) is 0.584. The summed E-state index contributed by atoms with van der Waals surface area (Å²) in [7, 11) is 1.77. The molecular formula is C13H22N4O. The van der Waals surface area contributed by atoms with Crippen LogP contribution in [-0.4, -0.2) is 28.7 Å². The van der Waals surface area contributed by atoms with Gasteiger partial charge in [0, 0.05) is 32.0 Å². The van der Waals surface area contributed by atoms with E-state index in [1.165, 1.54) is 12.8 Å². The van der Waals surface area contributed by atoms with E-state index >= 15 is 0 Å². The maximum absolute atomic E-state index is 12.2. The Hall–Kier alpha value is -1.36. The third-order valence-corrected chi connectivity index (χ3v) is 3.64. The standard InChI is InChI=1S/C13H22N4O/c1-16-10-8-15-12(13(16)18)17(9-4-7-14)11-5-2-3-6-11/h8,10-11H,2-7,9,14H2,1H3. The normalized spacial score (nSPS) is 16.1. The molecule has 1 aromatic heterocycles. The van der Waals surface area contributed by atoms with Crippen LogP contribution in [0.4, 0.5) is 5.82 Å². The average Bonchev–Trinajstić information content (AvgIpc) is 2.88. The third kappa shape index (κ3) is 2.72. The highest BCUT2D eigenvalue weighted by molar-refractivity contribution is 5.37. The summed E-state index contributed by atoms with van der Waals surface area (Å²) in [5, 5.41) is 0. The van der Waals surface area contributed by atoms with Crippen LogP contribution in [0.3, 0.4) is 0 Å². The van der Waals surface area contributed by atoms with Gasteiger partial charge in [-0.15, -0.1) is 0 Å². The molecule has 0 saturated heterocycles.